The first-order valence-electron chi connectivity index (χ1n) is 8.15. The second-order valence-electron chi connectivity index (χ2n) is 6.19. The fourth-order valence-electron chi connectivity index (χ4n) is 2.68. The second kappa shape index (κ2) is 7.36. The Kier molecular flexibility index (Phi) is 5.00. The lowest BCUT2D eigenvalue weighted by atomic mass is 10.1. The summed E-state index contributed by atoms with van der Waals surface area (Å²) in [5.41, 5.74) is 2.54. The number of aryl methyl sites for hydroxylation is 1. The van der Waals surface area contributed by atoms with Gasteiger partial charge in [-0.2, -0.15) is 5.10 Å². The van der Waals surface area contributed by atoms with E-state index in [0.29, 0.717) is 12.1 Å². The quantitative estimate of drug-likeness (QED) is 0.724. The summed E-state index contributed by atoms with van der Waals surface area (Å²) in [6.07, 6.45) is 1.70. The number of benzene rings is 1. The van der Waals surface area contributed by atoms with Crippen molar-refractivity contribution in [3.8, 4) is 11.3 Å². The van der Waals surface area contributed by atoms with Crippen LogP contribution in [0.1, 0.15) is 27.9 Å². The molecule has 1 aromatic carbocycles. The van der Waals surface area contributed by atoms with E-state index in [4.69, 9.17) is 4.42 Å². The van der Waals surface area contributed by atoms with Crippen LogP contribution in [0.5, 0.6) is 0 Å². The Morgan fingerprint density at radius 3 is 2.52 bits per heavy atom. The molecule has 0 radical (unpaired) electrons. The number of carbonyl (C=O) groups excluding carboxylic acids is 1. The lowest BCUT2D eigenvalue weighted by Crippen LogP contribution is -2.34. The van der Waals surface area contributed by atoms with Gasteiger partial charge in [0.1, 0.15) is 11.5 Å². The summed E-state index contributed by atoms with van der Waals surface area (Å²) in [6, 6.07) is 13.2. The van der Waals surface area contributed by atoms with Crippen molar-refractivity contribution in [2.45, 2.75) is 13.0 Å². The molecule has 3 aromatic rings. The van der Waals surface area contributed by atoms with E-state index in [1.807, 2.05) is 68.4 Å². The van der Waals surface area contributed by atoms with Crippen molar-refractivity contribution in [1.29, 1.82) is 0 Å². The zero-order valence-corrected chi connectivity index (χ0v) is 14.6. The molecule has 1 unspecified atom stereocenters. The summed E-state index contributed by atoms with van der Waals surface area (Å²) in [5, 5.41) is 9.82. The van der Waals surface area contributed by atoms with Gasteiger partial charge in [-0.15, -0.1) is 0 Å². The molecule has 2 N–H and O–H groups in total. The first-order chi connectivity index (χ1) is 12.0. The van der Waals surface area contributed by atoms with Crippen LogP contribution in [0.4, 0.5) is 0 Å². The van der Waals surface area contributed by atoms with Gasteiger partial charge >= 0.3 is 0 Å². The highest BCUT2D eigenvalue weighted by molar-refractivity contribution is 5.94. The van der Waals surface area contributed by atoms with Gasteiger partial charge in [-0.1, -0.05) is 12.1 Å². The van der Waals surface area contributed by atoms with Crippen molar-refractivity contribution in [2.75, 3.05) is 20.6 Å². The molecule has 0 aliphatic carbocycles. The van der Waals surface area contributed by atoms with Crippen molar-refractivity contribution in [3.63, 3.8) is 0 Å². The Morgan fingerprint density at radius 1 is 1.20 bits per heavy atom. The van der Waals surface area contributed by atoms with Crippen LogP contribution in [-0.2, 0) is 0 Å². The first kappa shape index (κ1) is 17.0. The van der Waals surface area contributed by atoms with Gasteiger partial charge < -0.3 is 9.73 Å². The molecule has 0 saturated carbocycles. The third-order valence-corrected chi connectivity index (χ3v) is 4.13. The van der Waals surface area contributed by atoms with E-state index in [1.165, 1.54) is 0 Å². The van der Waals surface area contributed by atoms with Crippen LogP contribution in [0.3, 0.4) is 0 Å². The van der Waals surface area contributed by atoms with E-state index in [2.05, 4.69) is 15.5 Å². The summed E-state index contributed by atoms with van der Waals surface area (Å²) in [7, 11) is 3.93. The number of H-pyrrole nitrogens is 1. The van der Waals surface area contributed by atoms with Crippen molar-refractivity contribution >= 4 is 5.91 Å². The summed E-state index contributed by atoms with van der Waals surface area (Å²) in [5.74, 6) is 1.60. The zero-order chi connectivity index (χ0) is 17.8. The molecule has 6 heteroatoms. The molecule has 0 saturated heterocycles. The summed E-state index contributed by atoms with van der Waals surface area (Å²) in [6.45, 7) is 2.39. The minimum Gasteiger partial charge on any atom is -0.465 e. The number of rotatable bonds is 6. The Labute approximate surface area is 146 Å². The molecule has 0 aliphatic rings. The molecule has 6 nitrogen and oxygen atoms in total. The van der Waals surface area contributed by atoms with E-state index >= 15 is 0 Å². The molecule has 25 heavy (non-hydrogen) atoms. The fraction of sp³-hybridized carbons (Fsp3) is 0.263. The number of hydrogen-bond acceptors (Lipinski definition) is 4. The lowest BCUT2D eigenvalue weighted by molar-refractivity contribution is 0.0939. The number of nitrogens with zero attached hydrogens (tertiary/aromatic N) is 2. The highest BCUT2D eigenvalue weighted by atomic mass is 16.3. The fourth-order valence-corrected chi connectivity index (χ4v) is 2.68. The van der Waals surface area contributed by atoms with Crippen LogP contribution in [0.25, 0.3) is 11.3 Å². The highest BCUT2D eigenvalue weighted by Crippen LogP contribution is 2.20. The van der Waals surface area contributed by atoms with Crippen molar-refractivity contribution in [3.05, 3.63) is 65.7 Å². The maximum atomic E-state index is 12.4. The Bertz CT molecular complexity index is 819. The number of hydrogen-bond donors (Lipinski definition) is 2. The van der Waals surface area contributed by atoms with Gasteiger partial charge in [-0.25, -0.2) is 0 Å². The van der Waals surface area contributed by atoms with Crippen LogP contribution in [0, 0.1) is 6.92 Å². The summed E-state index contributed by atoms with van der Waals surface area (Å²) in [4.78, 5) is 14.5. The third-order valence-electron chi connectivity index (χ3n) is 4.13. The topological polar surface area (TPSA) is 74.2 Å². The molecular formula is C19H22N4O2. The molecule has 0 spiro atoms. The van der Waals surface area contributed by atoms with Gasteiger partial charge in [0.25, 0.3) is 5.91 Å². The standard InChI is InChI=1S/C19H22N4O2/c1-13-4-9-18(25-13)17(23(2)3)12-20-19(24)15-7-5-14(6-8-15)16-10-11-21-22-16/h4-11,17H,12H2,1-3H3,(H,20,24)(H,21,22). The van der Waals surface area contributed by atoms with Gasteiger partial charge in [0.15, 0.2) is 0 Å². The van der Waals surface area contributed by atoms with Crippen molar-refractivity contribution < 1.29 is 9.21 Å². The van der Waals surface area contributed by atoms with Crippen LogP contribution in [0.2, 0.25) is 0 Å². The van der Waals surface area contributed by atoms with E-state index in [1.54, 1.807) is 6.20 Å². The molecule has 2 aromatic heterocycles. The molecule has 1 atom stereocenters. The Balaban J connectivity index is 1.65. The minimum atomic E-state index is -0.105. The van der Waals surface area contributed by atoms with Gasteiger partial charge in [0.2, 0.25) is 0 Å². The Hall–Kier alpha value is -2.86. The average molecular weight is 338 g/mol. The van der Waals surface area contributed by atoms with Crippen LogP contribution < -0.4 is 5.32 Å². The number of aromatic nitrogens is 2. The number of amides is 1. The molecule has 0 aliphatic heterocycles. The third kappa shape index (κ3) is 3.97. The van der Waals surface area contributed by atoms with Crippen molar-refractivity contribution in [2.24, 2.45) is 0 Å². The molecule has 0 bridgehead atoms. The number of nitrogens with one attached hydrogen (secondary N) is 2. The molecule has 3 rings (SSSR count). The Morgan fingerprint density at radius 2 is 1.96 bits per heavy atom. The first-order valence-corrected chi connectivity index (χ1v) is 8.15. The number of aromatic amines is 1. The molecular weight excluding hydrogens is 316 g/mol. The van der Waals surface area contributed by atoms with Crippen molar-refractivity contribution in [1.82, 2.24) is 20.4 Å². The highest BCUT2D eigenvalue weighted by Gasteiger charge is 2.19. The van der Waals surface area contributed by atoms with Gasteiger partial charge in [0, 0.05) is 18.3 Å². The van der Waals surface area contributed by atoms with Crippen LogP contribution in [-0.4, -0.2) is 41.6 Å². The molecule has 0 fully saturated rings. The largest absolute Gasteiger partial charge is 0.465 e. The lowest BCUT2D eigenvalue weighted by Gasteiger charge is -2.22. The van der Waals surface area contributed by atoms with Gasteiger partial charge in [-0.05, 0) is 56.9 Å². The number of furan rings is 1. The molecule has 2 heterocycles. The average Bonchev–Trinajstić information content (AvgIpc) is 3.27. The van der Waals surface area contributed by atoms with E-state index < -0.39 is 0 Å². The predicted molar refractivity (Wildman–Crippen MR) is 96.2 cm³/mol. The summed E-state index contributed by atoms with van der Waals surface area (Å²) < 4.78 is 5.70. The monoisotopic (exact) mass is 338 g/mol. The normalized spacial score (nSPS) is 12.3. The molecule has 130 valence electrons. The van der Waals surface area contributed by atoms with Crippen LogP contribution in [0.15, 0.2) is 53.1 Å². The maximum Gasteiger partial charge on any atom is 0.251 e. The van der Waals surface area contributed by atoms with E-state index in [-0.39, 0.29) is 11.9 Å². The maximum absolute atomic E-state index is 12.4. The number of carbonyl (C=O) groups is 1. The van der Waals surface area contributed by atoms with Gasteiger partial charge in [-0.3, -0.25) is 14.8 Å². The summed E-state index contributed by atoms with van der Waals surface area (Å²) >= 11 is 0. The molecule has 1 amide bonds. The SMILES string of the molecule is Cc1ccc(C(CNC(=O)c2ccc(-c3ccn[nH]3)cc2)N(C)C)o1. The van der Waals surface area contributed by atoms with Crippen LogP contribution >= 0.6 is 0 Å². The van der Waals surface area contributed by atoms with Gasteiger partial charge in [0.05, 0.1) is 11.7 Å². The minimum absolute atomic E-state index is 0.0121. The second-order valence-corrected chi connectivity index (χ2v) is 6.19. The van der Waals surface area contributed by atoms with E-state index in [0.717, 1.165) is 22.8 Å². The predicted octanol–water partition coefficient (Wildman–Crippen LogP) is 3.01. The zero-order valence-electron chi connectivity index (χ0n) is 14.6. The van der Waals surface area contributed by atoms with E-state index in [9.17, 15) is 4.79 Å². The smallest absolute Gasteiger partial charge is 0.251 e. The number of likely N-dealkylation sites (N-methyl/N-ethyl adjacent to an activating group) is 1.